The van der Waals surface area contributed by atoms with Gasteiger partial charge in [0, 0.05) is 24.2 Å². The van der Waals surface area contributed by atoms with Gasteiger partial charge in [-0.25, -0.2) is 0 Å². The Morgan fingerprint density at radius 2 is 2.00 bits per heavy atom. The molecular weight excluding hydrogens is 188 g/mol. The Balaban J connectivity index is 2.90. The van der Waals surface area contributed by atoms with E-state index in [0.717, 1.165) is 19.5 Å². The summed E-state index contributed by atoms with van der Waals surface area (Å²) in [6, 6.07) is 0.760. The maximum Gasteiger partial charge on any atom is 0.0599 e. The van der Waals surface area contributed by atoms with E-state index in [1.54, 1.807) is 0 Å². The summed E-state index contributed by atoms with van der Waals surface area (Å²) < 4.78 is 0. The SMILES string of the molecule is CC(C)N1C(CO)CN(C)CCC1(C)C. The summed E-state index contributed by atoms with van der Waals surface area (Å²) in [4.78, 5) is 4.79. The molecule has 3 nitrogen and oxygen atoms in total. The summed E-state index contributed by atoms with van der Waals surface area (Å²) in [5.74, 6) is 0. The Hall–Kier alpha value is -0.120. The Labute approximate surface area is 94.1 Å². The second kappa shape index (κ2) is 4.81. The lowest BCUT2D eigenvalue weighted by Gasteiger charge is -2.44. The van der Waals surface area contributed by atoms with Gasteiger partial charge in [0.1, 0.15) is 0 Å². The summed E-state index contributed by atoms with van der Waals surface area (Å²) in [6.45, 7) is 11.4. The van der Waals surface area contributed by atoms with Gasteiger partial charge >= 0.3 is 0 Å². The average molecular weight is 214 g/mol. The van der Waals surface area contributed by atoms with Crippen molar-refractivity contribution >= 4 is 0 Å². The zero-order valence-corrected chi connectivity index (χ0v) is 10.8. The lowest BCUT2D eigenvalue weighted by molar-refractivity contribution is 0.0152. The molecular formula is C12H26N2O. The van der Waals surface area contributed by atoms with Crippen LogP contribution < -0.4 is 0 Å². The minimum absolute atomic E-state index is 0.187. The van der Waals surface area contributed by atoms with Crippen molar-refractivity contribution in [3.63, 3.8) is 0 Å². The van der Waals surface area contributed by atoms with Crippen LogP contribution in [-0.2, 0) is 0 Å². The maximum atomic E-state index is 9.52. The van der Waals surface area contributed by atoms with Crippen molar-refractivity contribution in [1.29, 1.82) is 0 Å². The van der Waals surface area contributed by atoms with E-state index >= 15 is 0 Å². The molecule has 15 heavy (non-hydrogen) atoms. The molecule has 90 valence electrons. The third-order valence-electron chi connectivity index (χ3n) is 3.49. The highest BCUT2D eigenvalue weighted by molar-refractivity contribution is 4.93. The first kappa shape index (κ1) is 12.9. The molecule has 0 aliphatic carbocycles. The molecule has 1 saturated heterocycles. The van der Waals surface area contributed by atoms with Gasteiger partial charge in [0.25, 0.3) is 0 Å². The normalized spacial score (nSPS) is 29.4. The molecule has 0 spiro atoms. The molecule has 0 amide bonds. The Kier molecular flexibility index (Phi) is 4.15. The molecule has 0 bridgehead atoms. The number of rotatable bonds is 2. The summed E-state index contributed by atoms with van der Waals surface area (Å²) in [5, 5.41) is 9.52. The zero-order valence-electron chi connectivity index (χ0n) is 10.8. The summed E-state index contributed by atoms with van der Waals surface area (Å²) in [5.41, 5.74) is 0.187. The van der Waals surface area contributed by atoms with E-state index in [0.29, 0.717) is 6.04 Å². The number of hydrogen-bond donors (Lipinski definition) is 1. The molecule has 1 atom stereocenters. The topological polar surface area (TPSA) is 26.7 Å². The van der Waals surface area contributed by atoms with Gasteiger partial charge in [-0.05, 0) is 47.7 Å². The van der Waals surface area contributed by atoms with Gasteiger partial charge in [0.05, 0.1) is 6.61 Å². The minimum atomic E-state index is 0.187. The Morgan fingerprint density at radius 3 is 2.47 bits per heavy atom. The number of hydrogen-bond acceptors (Lipinski definition) is 3. The molecule has 1 aliphatic rings. The summed E-state index contributed by atoms with van der Waals surface area (Å²) in [6.07, 6.45) is 1.16. The Morgan fingerprint density at radius 1 is 1.40 bits per heavy atom. The molecule has 0 saturated carbocycles. The average Bonchev–Trinajstić information content (AvgIpc) is 2.23. The van der Waals surface area contributed by atoms with E-state index < -0.39 is 0 Å². The number of likely N-dealkylation sites (N-methyl/N-ethyl adjacent to an activating group) is 1. The first-order valence-corrected chi connectivity index (χ1v) is 5.96. The third kappa shape index (κ3) is 2.92. The smallest absolute Gasteiger partial charge is 0.0599 e. The zero-order chi connectivity index (χ0) is 11.6. The van der Waals surface area contributed by atoms with Crippen LogP contribution in [0.5, 0.6) is 0 Å². The molecule has 1 N–H and O–H groups in total. The van der Waals surface area contributed by atoms with Crippen LogP contribution in [0.2, 0.25) is 0 Å². The summed E-state index contributed by atoms with van der Waals surface area (Å²) in [7, 11) is 2.14. The highest BCUT2D eigenvalue weighted by Crippen LogP contribution is 2.27. The second-order valence-corrected chi connectivity index (χ2v) is 5.66. The van der Waals surface area contributed by atoms with Crippen LogP contribution in [0.3, 0.4) is 0 Å². The van der Waals surface area contributed by atoms with Gasteiger partial charge in [-0.2, -0.15) is 0 Å². The molecule has 1 heterocycles. The van der Waals surface area contributed by atoms with Crippen molar-refractivity contribution in [2.45, 2.75) is 51.7 Å². The van der Waals surface area contributed by atoms with Gasteiger partial charge in [-0.1, -0.05) is 0 Å². The van der Waals surface area contributed by atoms with Crippen molar-refractivity contribution in [3.05, 3.63) is 0 Å². The Bertz CT molecular complexity index is 204. The van der Waals surface area contributed by atoms with Gasteiger partial charge in [-0.15, -0.1) is 0 Å². The first-order chi connectivity index (χ1) is 6.88. The predicted molar refractivity (Wildman–Crippen MR) is 64.0 cm³/mol. The fourth-order valence-corrected chi connectivity index (χ4v) is 2.89. The van der Waals surface area contributed by atoms with Gasteiger partial charge in [0.2, 0.25) is 0 Å². The molecule has 1 rings (SSSR count). The van der Waals surface area contributed by atoms with Crippen LogP contribution in [0.15, 0.2) is 0 Å². The molecule has 0 aromatic heterocycles. The lowest BCUT2D eigenvalue weighted by Crippen LogP contribution is -2.55. The third-order valence-corrected chi connectivity index (χ3v) is 3.49. The van der Waals surface area contributed by atoms with Crippen molar-refractivity contribution < 1.29 is 5.11 Å². The van der Waals surface area contributed by atoms with Crippen LogP contribution in [0.4, 0.5) is 0 Å². The fourth-order valence-electron chi connectivity index (χ4n) is 2.89. The van der Waals surface area contributed by atoms with E-state index in [2.05, 4.69) is 44.5 Å². The minimum Gasteiger partial charge on any atom is -0.395 e. The van der Waals surface area contributed by atoms with E-state index in [-0.39, 0.29) is 18.2 Å². The van der Waals surface area contributed by atoms with Crippen molar-refractivity contribution in [1.82, 2.24) is 9.80 Å². The first-order valence-electron chi connectivity index (χ1n) is 5.96. The number of aliphatic hydroxyl groups is 1. The van der Waals surface area contributed by atoms with Crippen molar-refractivity contribution in [2.24, 2.45) is 0 Å². The lowest BCUT2D eigenvalue weighted by atomic mass is 9.95. The van der Waals surface area contributed by atoms with Crippen LogP contribution in [0, 0.1) is 0 Å². The standard InChI is InChI=1S/C12H26N2O/c1-10(2)14-11(9-15)8-13(5)7-6-12(14,3)4/h10-11,15H,6-9H2,1-5H3. The molecule has 0 aromatic carbocycles. The summed E-state index contributed by atoms with van der Waals surface area (Å²) >= 11 is 0. The van der Waals surface area contributed by atoms with Gasteiger partial charge < -0.3 is 10.0 Å². The largest absolute Gasteiger partial charge is 0.395 e. The van der Waals surface area contributed by atoms with E-state index in [1.807, 2.05) is 0 Å². The monoisotopic (exact) mass is 214 g/mol. The highest BCUT2D eigenvalue weighted by atomic mass is 16.3. The van der Waals surface area contributed by atoms with E-state index in [4.69, 9.17) is 0 Å². The molecule has 0 aromatic rings. The molecule has 1 fully saturated rings. The van der Waals surface area contributed by atoms with E-state index in [1.165, 1.54) is 0 Å². The molecule has 1 aliphatic heterocycles. The predicted octanol–water partition coefficient (Wildman–Crippen LogP) is 1.17. The van der Waals surface area contributed by atoms with Crippen LogP contribution in [-0.4, -0.2) is 59.3 Å². The van der Waals surface area contributed by atoms with Crippen molar-refractivity contribution in [2.75, 3.05) is 26.7 Å². The van der Waals surface area contributed by atoms with Crippen LogP contribution in [0.1, 0.15) is 34.1 Å². The van der Waals surface area contributed by atoms with E-state index in [9.17, 15) is 5.11 Å². The quantitative estimate of drug-likeness (QED) is 0.747. The van der Waals surface area contributed by atoms with Crippen LogP contribution in [0.25, 0.3) is 0 Å². The maximum absolute atomic E-state index is 9.52. The van der Waals surface area contributed by atoms with Gasteiger partial charge in [0.15, 0.2) is 0 Å². The fraction of sp³-hybridized carbons (Fsp3) is 1.00. The molecule has 1 unspecified atom stereocenters. The van der Waals surface area contributed by atoms with Crippen LogP contribution >= 0.6 is 0 Å². The van der Waals surface area contributed by atoms with Gasteiger partial charge in [-0.3, -0.25) is 4.90 Å². The molecule has 0 radical (unpaired) electrons. The van der Waals surface area contributed by atoms with Crippen molar-refractivity contribution in [3.8, 4) is 0 Å². The highest BCUT2D eigenvalue weighted by Gasteiger charge is 2.37. The second-order valence-electron chi connectivity index (χ2n) is 5.66. The number of aliphatic hydroxyl groups excluding tert-OH is 1. The number of nitrogens with zero attached hydrogens (tertiary/aromatic N) is 2. The molecule has 3 heteroatoms.